The van der Waals surface area contributed by atoms with Gasteiger partial charge in [0, 0.05) is 40.2 Å². The van der Waals surface area contributed by atoms with Gasteiger partial charge in [0.2, 0.25) is 0 Å². The lowest BCUT2D eigenvalue weighted by Crippen LogP contribution is -2.88. The molecule has 0 spiro atoms. The third-order valence-corrected chi connectivity index (χ3v) is 30.9. The van der Waals surface area contributed by atoms with Crippen molar-refractivity contribution in [2.24, 2.45) is 0 Å². The van der Waals surface area contributed by atoms with Crippen LogP contribution in [0.25, 0.3) is 0 Å². The van der Waals surface area contributed by atoms with Crippen LogP contribution in [0.2, 0.25) is 40.2 Å². The molecule has 1 aliphatic heterocycles. The van der Waals surface area contributed by atoms with Gasteiger partial charge in [0.1, 0.15) is 0 Å². The third-order valence-electron chi connectivity index (χ3n) is 10.9. The second kappa shape index (κ2) is 18.8. The topological polar surface area (TPSA) is 36.9 Å². The van der Waals surface area contributed by atoms with E-state index in [9.17, 15) is 0 Å². The van der Waals surface area contributed by atoms with Crippen molar-refractivity contribution in [3.05, 3.63) is 234 Å². The maximum Gasteiger partial charge on any atom is 0.390 e. The Morgan fingerprint density at radius 3 is 0.359 bits per heavy atom. The Morgan fingerprint density at radius 1 is 0.172 bits per heavy atom. The maximum atomic E-state index is 8.41. The Kier molecular flexibility index (Phi) is 13.5. The molecule has 1 heterocycles. The molecule has 320 valence electrons. The van der Waals surface area contributed by atoms with Crippen molar-refractivity contribution < 1.29 is 16.5 Å². The van der Waals surface area contributed by atoms with Crippen molar-refractivity contribution in [3.63, 3.8) is 0 Å². The van der Waals surface area contributed by atoms with Crippen LogP contribution in [0, 0.1) is 0 Å². The highest BCUT2D eigenvalue weighted by Crippen LogP contribution is 2.34. The van der Waals surface area contributed by atoms with E-state index in [1.54, 1.807) is 0 Å². The van der Waals surface area contributed by atoms with Gasteiger partial charge in [0.05, 0.1) is 0 Å². The summed E-state index contributed by atoms with van der Waals surface area (Å²) in [7, 11) is -17.2. The zero-order chi connectivity index (χ0) is 44.7. The van der Waals surface area contributed by atoms with Crippen molar-refractivity contribution in [1.82, 2.24) is 0 Å². The van der Waals surface area contributed by atoms with Gasteiger partial charge in [-0.25, -0.2) is 0 Å². The van der Waals surface area contributed by atoms with Crippen LogP contribution >= 0.6 is 92.8 Å². The highest BCUT2D eigenvalue weighted by atomic mass is 35.5. The summed E-state index contributed by atoms with van der Waals surface area (Å²) in [6.07, 6.45) is 0. The van der Waals surface area contributed by atoms with E-state index in [1.165, 1.54) is 0 Å². The summed E-state index contributed by atoms with van der Waals surface area (Å²) in [5.74, 6) is 0. The highest BCUT2D eigenvalue weighted by molar-refractivity contribution is 7.16. The van der Waals surface area contributed by atoms with E-state index in [1.807, 2.05) is 194 Å². The third kappa shape index (κ3) is 8.87. The van der Waals surface area contributed by atoms with E-state index in [4.69, 9.17) is 109 Å². The summed E-state index contributed by atoms with van der Waals surface area (Å²) in [6, 6.07) is 60.4. The molecule has 0 amide bonds. The molecule has 64 heavy (non-hydrogen) atoms. The molecular formula is C48H32Cl8O4Si4. The first kappa shape index (κ1) is 45.9. The van der Waals surface area contributed by atoms with Crippen molar-refractivity contribution >= 4 is 169 Å². The van der Waals surface area contributed by atoms with E-state index in [2.05, 4.69) is 0 Å². The van der Waals surface area contributed by atoms with Crippen molar-refractivity contribution in [3.8, 4) is 0 Å². The van der Waals surface area contributed by atoms with E-state index in [-0.39, 0.29) is 0 Å². The molecule has 4 nitrogen and oxygen atoms in total. The Morgan fingerprint density at radius 2 is 0.266 bits per heavy atom. The smallest absolute Gasteiger partial charge is 0.390 e. The standard InChI is InChI=1S/C48H32Cl8O4Si4/c49-33-1-17-41(18-2-33)61(42-19-3-34(50)4-20-42)57-62(43-21-5-35(51)6-22-43,44-23-7-36(52)8-24-44)59-64(47-29-13-39(55)14-30-47,48-31-15-40(56)16-32-48)60-63(58-61,45-25-9-37(53)10-26-45)46-27-11-38(54)12-28-46/h1-32H. The van der Waals surface area contributed by atoms with E-state index < -0.39 is 34.2 Å². The van der Waals surface area contributed by atoms with Crippen LogP contribution in [-0.4, -0.2) is 34.2 Å². The summed E-state index contributed by atoms with van der Waals surface area (Å²) in [5.41, 5.74) is 0. The number of hydrogen-bond donors (Lipinski definition) is 0. The second-order valence-electron chi connectivity index (χ2n) is 14.9. The number of halogens is 8. The summed E-state index contributed by atoms with van der Waals surface area (Å²) in [5, 5.41) is 9.96. The summed E-state index contributed by atoms with van der Waals surface area (Å²) in [4.78, 5) is 0. The monoisotopic (exact) mass is 1060 g/mol. The Labute approximate surface area is 415 Å². The van der Waals surface area contributed by atoms with Crippen molar-refractivity contribution in [1.29, 1.82) is 0 Å². The predicted octanol–water partition coefficient (Wildman–Crippen LogP) is 10.3. The average molecular weight is 1070 g/mol. The number of hydrogen-bond acceptors (Lipinski definition) is 4. The first-order valence-corrected chi connectivity index (χ1v) is 30.0. The lowest BCUT2D eigenvalue weighted by molar-refractivity contribution is 0.268. The SMILES string of the molecule is Clc1ccc([Si]2(c3ccc(Cl)cc3)O[Si](c3ccc(Cl)cc3)(c3ccc(Cl)cc3)O[Si](c3ccc(Cl)cc3)(c3ccc(Cl)cc3)O[Si](c3ccc(Cl)cc3)(c3ccc(Cl)cc3)O2)cc1. The molecule has 16 heteroatoms. The zero-order valence-corrected chi connectivity index (χ0v) is 43.2. The van der Waals surface area contributed by atoms with Gasteiger partial charge < -0.3 is 16.5 Å². The zero-order valence-electron chi connectivity index (χ0n) is 33.1. The normalized spacial score (nSPS) is 16.4. The van der Waals surface area contributed by atoms with Crippen LogP contribution in [-0.2, 0) is 16.5 Å². The Bertz CT molecular complexity index is 2290. The average Bonchev–Trinajstić information content (AvgIpc) is 3.29. The fraction of sp³-hybridized carbons (Fsp3) is 0. The van der Waals surface area contributed by atoms with Crippen LogP contribution in [0.3, 0.4) is 0 Å². The summed E-state index contributed by atoms with van der Waals surface area (Å²) >= 11 is 53.5. The van der Waals surface area contributed by atoms with Gasteiger partial charge in [-0.2, -0.15) is 0 Å². The molecule has 8 aromatic rings. The van der Waals surface area contributed by atoms with Gasteiger partial charge in [0.15, 0.2) is 0 Å². The second-order valence-corrected chi connectivity index (χ2v) is 31.2. The molecular weight excluding hydrogens is 1040 g/mol. The van der Waals surface area contributed by atoms with Crippen molar-refractivity contribution in [2.45, 2.75) is 0 Å². The molecule has 0 aliphatic carbocycles. The van der Waals surface area contributed by atoms with E-state index in [0.29, 0.717) is 40.2 Å². The van der Waals surface area contributed by atoms with Gasteiger partial charge in [-0.1, -0.05) is 190 Å². The largest absolute Gasteiger partial charge is 0.402 e. The molecule has 8 aromatic carbocycles. The predicted molar refractivity (Wildman–Crippen MR) is 276 cm³/mol. The molecule has 0 radical (unpaired) electrons. The summed E-state index contributed by atoms with van der Waals surface area (Å²) < 4.78 is 33.6. The van der Waals surface area contributed by atoms with Crippen LogP contribution in [0.5, 0.6) is 0 Å². The molecule has 1 aliphatic rings. The molecule has 0 unspecified atom stereocenters. The van der Waals surface area contributed by atoms with Crippen LogP contribution < -0.4 is 41.5 Å². The summed E-state index contributed by atoms with van der Waals surface area (Å²) in [6.45, 7) is 0. The van der Waals surface area contributed by atoms with Crippen LogP contribution in [0.15, 0.2) is 194 Å². The fourth-order valence-corrected chi connectivity index (χ4v) is 31.2. The first-order chi connectivity index (χ1) is 30.8. The molecule has 0 atom stereocenters. The van der Waals surface area contributed by atoms with Crippen molar-refractivity contribution in [2.75, 3.05) is 0 Å². The number of benzene rings is 8. The fourth-order valence-electron chi connectivity index (χ4n) is 7.86. The van der Waals surface area contributed by atoms with Gasteiger partial charge in [0.25, 0.3) is 0 Å². The number of rotatable bonds is 8. The minimum atomic E-state index is -4.30. The molecule has 0 saturated carbocycles. The van der Waals surface area contributed by atoms with Gasteiger partial charge in [-0.3, -0.25) is 0 Å². The maximum absolute atomic E-state index is 8.41. The van der Waals surface area contributed by atoms with E-state index >= 15 is 0 Å². The van der Waals surface area contributed by atoms with Gasteiger partial charge >= 0.3 is 34.2 Å². The van der Waals surface area contributed by atoms with E-state index in [0.717, 1.165) is 41.5 Å². The Hall–Kier alpha value is -3.21. The molecule has 9 rings (SSSR count). The molecule has 0 bridgehead atoms. The first-order valence-electron chi connectivity index (χ1n) is 19.7. The minimum Gasteiger partial charge on any atom is -0.402 e. The lowest BCUT2D eigenvalue weighted by atomic mass is 10.4. The highest BCUT2D eigenvalue weighted by Gasteiger charge is 2.68. The molecule has 0 N–H and O–H groups in total. The van der Waals surface area contributed by atoms with Crippen LogP contribution in [0.4, 0.5) is 0 Å². The molecule has 1 fully saturated rings. The molecule has 0 aromatic heterocycles. The lowest BCUT2D eigenvalue weighted by Gasteiger charge is -2.53. The minimum absolute atomic E-state index is 0.525. The Balaban J connectivity index is 1.52. The van der Waals surface area contributed by atoms with Gasteiger partial charge in [-0.05, 0) is 139 Å². The molecule has 1 saturated heterocycles. The van der Waals surface area contributed by atoms with Crippen LogP contribution in [0.1, 0.15) is 0 Å². The quantitative estimate of drug-likeness (QED) is 0.142. The van der Waals surface area contributed by atoms with Gasteiger partial charge in [-0.15, -0.1) is 0 Å².